The van der Waals surface area contributed by atoms with Gasteiger partial charge in [-0.2, -0.15) is 0 Å². The molecule has 22 heavy (non-hydrogen) atoms. The highest BCUT2D eigenvalue weighted by Crippen LogP contribution is 2.46. The van der Waals surface area contributed by atoms with Crippen LogP contribution in [0.1, 0.15) is 42.1 Å². The number of hydrogen-bond donors (Lipinski definition) is 0. The van der Waals surface area contributed by atoms with Crippen LogP contribution in [0.2, 0.25) is 0 Å². The molecule has 3 heteroatoms. The molecule has 0 spiro atoms. The van der Waals surface area contributed by atoms with Crippen molar-refractivity contribution in [3.63, 3.8) is 0 Å². The van der Waals surface area contributed by atoms with Crippen molar-refractivity contribution in [2.45, 2.75) is 31.8 Å². The van der Waals surface area contributed by atoms with E-state index in [1.807, 2.05) is 12.1 Å². The molecule has 0 aliphatic carbocycles. The number of benzene rings is 2. The third-order valence-electron chi connectivity index (χ3n) is 4.32. The van der Waals surface area contributed by atoms with Gasteiger partial charge < -0.3 is 9.47 Å². The molecule has 0 saturated carbocycles. The molecule has 2 atom stereocenters. The van der Waals surface area contributed by atoms with E-state index in [9.17, 15) is 0 Å². The minimum absolute atomic E-state index is 0.0733. The van der Waals surface area contributed by atoms with Gasteiger partial charge in [0.15, 0.2) is 0 Å². The molecule has 0 fully saturated rings. The van der Waals surface area contributed by atoms with Crippen LogP contribution in [0.5, 0.6) is 11.5 Å². The molecule has 2 aromatic rings. The lowest BCUT2D eigenvalue weighted by molar-refractivity contribution is 0.216. The van der Waals surface area contributed by atoms with Gasteiger partial charge in [-0.25, -0.2) is 0 Å². The molecule has 0 saturated heterocycles. The first-order valence-corrected chi connectivity index (χ1v) is 8.25. The highest BCUT2D eigenvalue weighted by Gasteiger charge is 2.32. The normalized spacial score (nSPS) is 19.6. The molecule has 1 aliphatic heterocycles. The summed E-state index contributed by atoms with van der Waals surface area (Å²) < 4.78 is 11.4. The number of ether oxygens (including phenoxy) is 2. The van der Waals surface area contributed by atoms with Crippen LogP contribution in [0.4, 0.5) is 0 Å². The van der Waals surface area contributed by atoms with Crippen molar-refractivity contribution < 1.29 is 9.47 Å². The van der Waals surface area contributed by atoms with Crippen LogP contribution >= 0.6 is 11.6 Å². The molecule has 1 aliphatic rings. The summed E-state index contributed by atoms with van der Waals surface area (Å²) in [6.45, 7) is 2.23. The van der Waals surface area contributed by atoms with Crippen molar-refractivity contribution >= 4 is 11.6 Å². The van der Waals surface area contributed by atoms with Crippen molar-refractivity contribution in [2.24, 2.45) is 0 Å². The van der Waals surface area contributed by atoms with Gasteiger partial charge in [-0.15, -0.1) is 11.6 Å². The largest absolute Gasteiger partial charge is 0.497 e. The first-order valence-electron chi connectivity index (χ1n) is 7.72. The summed E-state index contributed by atoms with van der Waals surface area (Å²) in [5.74, 6) is 2.93. The van der Waals surface area contributed by atoms with E-state index in [1.54, 1.807) is 7.11 Å². The summed E-state index contributed by atoms with van der Waals surface area (Å²) in [5.41, 5.74) is 3.82. The van der Waals surface area contributed by atoms with E-state index < -0.39 is 0 Å². The highest BCUT2D eigenvalue weighted by molar-refractivity contribution is 6.17. The molecule has 2 nitrogen and oxygen atoms in total. The van der Waals surface area contributed by atoms with Crippen LogP contribution in [0.25, 0.3) is 0 Å². The SMILES string of the molecule is COc1ccc([C@@H]2Oc3ccc(CCCCl)cc3[C@H]2C)cc1. The van der Waals surface area contributed by atoms with E-state index in [2.05, 4.69) is 37.3 Å². The van der Waals surface area contributed by atoms with Gasteiger partial charge in [0.25, 0.3) is 0 Å². The van der Waals surface area contributed by atoms with Crippen molar-refractivity contribution in [1.82, 2.24) is 0 Å². The van der Waals surface area contributed by atoms with Gasteiger partial charge in [0.1, 0.15) is 17.6 Å². The number of fused-ring (bicyclic) bond motifs is 1. The zero-order chi connectivity index (χ0) is 15.5. The first-order chi connectivity index (χ1) is 10.7. The zero-order valence-corrected chi connectivity index (χ0v) is 13.8. The van der Waals surface area contributed by atoms with Gasteiger partial charge in [-0.3, -0.25) is 0 Å². The van der Waals surface area contributed by atoms with Crippen LogP contribution in [-0.4, -0.2) is 13.0 Å². The van der Waals surface area contributed by atoms with E-state index in [1.165, 1.54) is 16.7 Å². The Bertz CT molecular complexity index is 636. The Morgan fingerprint density at radius 1 is 1.14 bits per heavy atom. The number of aryl methyl sites for hydroxylation is 1. The maximum atomic E-state index is 6.17. The predicted octanol–water partition coefficient (Wildman–Crippen LogP) is 5.10. The lowest BCUT2D eigenvalue weighted by atomic mass is 9.91. The smallest absolute Gasteiger partial charge is 0.130 e. The Kier molecular flexibility index (Phi) is 4.58. The fourth-order valence-corrected chi connectivity index (χ4v) is 3.17. The van der Waals surface area contributed by atoms with E-state index in [0.717, 1.165) is 24.3 Å². The molecule has 0 N–H and O–H groups in total. The van der Waals surface area contributed by atoms with Crippen LogP contribution in [0, 0.1) is 0 Å². The molecule has 116 valence electrons. The summed E-state index contributed by atoms with van der Waals surface area (Å²) in [6, 6.07) is 14.7. The van der Waals surface area contributed by atoms with Crippen LogP contribution in [0.15, 0.2) is 42.5 Å². The average Bonchev–Trinajstić information content (AvgIpc) is 2.89. The van der Waals surface area contributed by atoms with Gasteiger partial charge in [0.05, 0.1) is 7.11 Å². The maximum Gasteiger partial charge on any atom is 0.130 e. The Labute approximate surface area is 137 Å². The molecule has 0 radical (unpaired) electrons. The van der Waals surface area contributed by atoms with Gasteiger partial charge in [0.2, 0.25) is 0 Å². The third-order valence-corrected chi connectivity index (χ3v) is 4.58. The minimum atomic E-state index is 0.0733. The van der Waals surface area contributed by atoms with Crippen molar-refractivity contribution in [3.05, 3.63) is 59.2 Å². The quantitative estimate of drug-likeness (QED) is 0.714. The summed E-state index contributed by atoms with van der Waals surface area (Å²) in [7, 11) is 1.68. The predicted molar refractivity (Wildman–Crippen MR) is 90.3 cm³/mol. The standard InChI is InChI=1S/C19H21ClO2/c1-13-17-12-14(4-3-11-20)5-10-18(17)22-19(13)15-6-8-16(21-2)9-7-15/h5-10,12-13,19H,3-4,11H2,1-2H3/t13-,19-/m1/s1. The van der Waals surface area contributed by atoms with Gasteiger partial charge in [0, 0.05) is 17.4 Å². The van der Waals surface area contributed by atoms with Crippen molar-refractivity contribution in [3.8, 4) is 11.5 Å². The molecule has 2 aromatic carbocycles. The second-order valence-corrected chi connectivity index (χ2v) is 6.14. The Balaban J connectivity index is 1.82. The fraction of sp³-hybridized carbons (Fsp3) is 0.368. The van der Waals surface area contributed by atoms with Gasteiger partial charge in [-0.1, -0.05) is 31.2 Å². The first kappa shape index (κ1) is 15.2. The Morgan fingerprint density at radius 2 is 1.91 bits per heavy atom. The Hall–Kier alpha value is -1.67. The summed E-state index contributed by atoms with van der Waals surface area (Å²) >= 11 is 5.79. The summed E-state index contributed by atoms with van der Waals surface area (Å²) in [4.78, 5) is 0. The molecule has 0 unspecified atom stereocenters. The number of rotatable bonds is 5. The molecule has 0 amide bonds. The van der Waals surface area contributed by atoms with Gasteiger partial charge >= 0.3 is 0 Å². The van der Waals surface area contributed by atoms with E-state index in [-0.39, 0.29) is 6.10 Å². The van der Waals surface area contributed by atoms with Crippen LogP contribution < -0.4 is 9.47 Å². The van der Waals surface area contributed by atoms with Gasteiger partial charge in [-0.05, 0) is 42.2 Å². The molecular weight excluding hydrogens is 296 g/mol. The zero-order valence-electron chi connectivity index (χ0n) is 13.0. The number of methoxy groups -OCH3 is 1. The monoisotopic (exact) mass is 316 g/mol. The minimum Gasteiger partial charge on any atom is -0.497 e. The van der Waals surface area contributed by atoms with Crippen molar-refractivity contribution in [2.75, 3.05) is 13.0 Å². The summed E-state index contributed by atoms with van der Waals surface area (Å²) in [5, 5.41) is 0. The molecule has 0 bridgehead atoms. The number of alkyl halides is 1. The van der Waals surface area contributed by atoms with E-state index in [4.69, 9.17) is 21.1 Å². The molecule has 1 heterocycles. The molecule has 3 rings (SSSR count). The second kappa shape index (κ2) is 6.62. The highest BCUT2D eigenvalue weighted by atomic mass is 35.5. The van der Waals surface area contributed by atoms with E-state index >= 15 is 0 Å². The lowest BCUT2D eigenvalue weighted by Gasteiger charge is -2.16. The number of halogens is 1. The second-order valence-electron chi connectivity index (χ2n) is 5.77. The fourth-order valence-electron chi connectivity index (χ4n) is 3.04. The Morgan fingerprint density at radius 3 is 2.59 bits per heavy atom. The summed E-state index contributed by atoms with van der Waals surface area (Å²) in [6.07, 6.45) is 2.11. The topological polar surface area (TPSA) is 18.5 Å². The maximum absolute atomic E-state index is 6.17. The van der Waals surface area contributed by atoms with Crippen molar-refractivity contribution in [1.29, 1.82) is 0 Å². The molecular formula is C19H21ClO2. The third kappa shape index (κ3) is 2.93. The van der Waals surface area contributed by atoms with Crippen LogP contribution in [0.3, 0.4) is 0 Å². The average molecular weight is 317 g/mol. The van der Waals surface area contributed by atoms with E-state index in [0.29, 0.717) is 11.8 Å². The number of hydrogen-bond acceptors (Lipinski definition) is 2. The van der Waals surface area contributed by atoms with Crippen LogP contribution in [-0.2, 0) is 6.42 Å². The molecule has 0 aromatic heterocycles. The lowest BCUT2D eigenvalue weighted by Crippen LogP contribution is -2.07.